The molecule has 1 aliphatic heterocycles. The lowest BCUT2D eigenvalue weighted by atomic mass is 9.94. The summed E-state index contributed by atoms with van der Waals surface area (Å²) in [4.78, 5) is 28.2. The first-order chi connectivity index (χ1) is 18.0. The van der Waals surface area contributed by atoms with Gasteiger partial charge >= 0.3 is 0 Å². The van der Waals surface area contributed by atoms with Crippen LogP contribution in [-0.2, 0) is 16.0 Å². The summed E-state index contributed by atoms with van der Waals surface area (Å²) in [5.41, 5.74) is 2.30. The number of carbonyl (C=O) groups is 2. The van der Waals surface area contributed by atoms with Gasteiger partial charge in [0, 0.05) is 12.1 Å². The molecule has 4 aromatic rings. The number of Topliss-reactive ketones (excluding diaryl/α,β-unsaturated/α-hetero) is 1. The molecule has 0 bridgehead atoms. The summed E-state index contributed by atoms with van der Waals surface area (Å²) in [6.45, 7) is 0.308. The Morgan fingerprint density at radius 2 is 1.43 bits per heavy atom. The molecule has 186 valence electrons. The van der Waals surface area contributed by atoms with Crippen molar-refractivity contribution in [2.45, 2.75) is 12.5 Å². The molecule has 1 N–H and O–H groups in total. The summed E-state index contributed by atoms with van der Waals surface area (Å²) in [5, 5.41) is 13.4. The maximum Gasteiger partial charge on any atom is 0.295 e. The van der Waals surface area contributed by atoms with E-state index < -0.39 is 17.7 Å². The highest BCUT2D eigenvalue weighted by molar-refractivity contribution is 6.46. The Morgan fingerprint density at radius 3 is 2.08 bits per heavy atom. The van der Waals surface area contributed by atoms with Gasteiger partial charge in [-0.1, -0.05) is 60.7 Å². The van der Waals surface area contributed by atoms with Gasteiger partial charge in [-0.3, -0.25) is 9.59 Å². The highest BCUT2D eigenvalue weighted by Gasteiger charge is 2.45. The van der Waals surface area contributed by atoms with Crippen LogP contribution in [0.4, 0.5) is 0 Å². The molecule has 1 atom stereocenters. The number of ether oxygens (including phenoxy) is 2. The minimum absolute atomic E-state index is 0.0835. The molecule has 1 amide bonds. The first-order valence-electron chi connectivity index (χ1n) is 12.0. The summed E-state index contributed by atoms with van der Waals surface area (Å²) >= 11 is 0. The molecule has 0 aromatic heterocycles. The maximum atomic E-state index is 13.3. The van der Waals surface area contributed by atoms with Crippen LogP contribution in [0.3, 0.4) is 0 Å². The lowest BCUT2D eigenvalue weighted by Gasteiger charge is -2.25. The number of aliphatic hydroxyl groups excluding tert-OH is 1. The number of benzene rings is 4. The van der Waals surface area contributed by atoms with Crippen molar-refractivity contribution in [2.75, 3.05) is 20.8 Å². The molecular weight excluding hydrogens is 466 g/mol. The highest BCUT2D eigenvalue weighted by Crippen LogP contribution is 2.40. The van der Waals surface area contributed by atoms with Crippen molar-refractivity contribution in [3.8, 4) is 11.5 Å². The lowest BCUT2D eigenvalue weighted by Crippen LogP contribution is -2.31. The summed E-state index contributed by atoms with van der Waals surface area (Å²) in [6, 6.07) is 27.4. The van der Waals surface area contributed by atoms with E-state index in [1.807, 2.05) is 72.8 Å². The number of hydrogen-bond donors (Lipinski definition) is 1. The predicted molar refractivity (Wildman–Crippen MR) is 143 cm³/mol. The summed E-state index contributed by atoms with van der Waals surface area (Å²) < 4.78 is 10.5. The van der Waals surface area contributed by atoms with E-state index in [2.05, 4.69) is 0 Å². The molecule has 5 rings (SSSR count). The third-order valence-electron chi connectivity index (χ3n) is 6.79. The maximum absolute atomic E-state index is 13.3. The van der Waals surface area contributed by atoms with Crippen molar-refractivity contribution in [3.63, 3.8) is 0 Å². The Labute approximate surface area is 215 Å². The van der Waals surface area contributed by atoms with Crippen molar-refractivity contribution in [1.82, 2.24) is 4.90 Å². The SMILES string of the molecule is COc1ccc(CCN2C(=O)C(=O)/C(=C(\O)c3ccc4ccccc4c3)C2c2ccc(OC)cc2)cc1. The summed E-state index contributed by atoms with van der Waals surface area (Å²) in [7, 11) is 3.19. The number of methoxy groups -OCH3 is 2. The van der Waals surface area contributed by atoms with Gasteiger partial charge in [-0.05, 0) is 58.7 Å². The average molecular weight is 494 g/mol. The van der Waals surface area contributed by atoms with Gasteiger partial charge in [0.1, 0.15) is 17.3 Å². The number of amides is 1. The van der Waals surface area contributed by atoms with Gasteiger partial charge in [0.2, 0.25) is 0 Å². The van der Waals surface area contributed by atoms with E-state index >= 15 is 0 Å². The number of aliphatic hydroxyl groups is 1. The number of carbonyl (C=O) groups excluding carboxylic acids is 2. The zero-order valence-corrected chi connectivity index (χ0v) is 20.7. The van der Waals surface area contributed by atoms with Crippen LogP contribution in [0.25, 0.3) is 16.5 Å². The van der Waals surface area contributed by atoms with Crippen LogP contribution in [0.2, 0.25) is 0 Å². The number of nitrogens with zero attached hydrogens (tertiary/aromatic N) is 1. The predicted octanol–water partition coefficient (Wildman–Crippen LogP) is 5.52. The molecule has 0 radical (unpaired) electrons. The molecule has 0 saturated carbocycles. The third-order valence-corrected chi connectivity index (χ3v) is 6.79. The van der Waals surface area contributed by atoms with Gasteiger partial charge in [-0.2, -0.15) is 0 Å². The highest BCUT2D eigenvalue weighted by atomic mass is 16.5. The standard InChI is InChI=1S/C31H27NO5/c1-36-25-13-7-20(8-14-25)17-18-32-28(22-11-15-26(37-2)16-12-22)27(30(34)31(32)35)29(33)24-10-9-21-5-3-4-6-23(21)19-24/h3-16,19,28,33H,17-18H2,1-2H3/b29-27-. The van der Waals surface area contributed by atoms with Crippen molar-refractivity contribution in [3.05, 3.63) is 113 Å². The number of likely N-dealkylation sites (tertiary alicyclic amines) is 1. The van der Waals surface area contributed by atoms with Crippen molar-refractivity contribution < 1.29 is 24.2 Å². The zero-order chi connectivity index (χ0) is 25.9. The second kappa shape index (κ2) is 10.2. The van der Waals surface area contributed by atoms with E-state index in [4.69, 9.17) is 9.47 Å². The molecule has 6 heteroatoms. The minimum atomic E-state index is -0.726. The fourth-order valence-electron chi connectivity index (χ4n) is 4.78. The lowest BCUT2D eigenvalue weighted by molar-refractivity contribution is -0.139. The van der Waals surface area contributed by atoms with Gasteiger partial charge in [0.15, 0.2) is 0 Å². The third kappa shape index (κ3) is 4.66. The Morgan fingerprint density at radius 1 is 0.811 bits per heavy atom. The topological polar surface area (TPSA) is 76.1 Å². The Balaban J connectivity index is 1.56. The van der Waals surface area contributed by atoms with Crippen LogP contribution in [0, 0.1) is 0 Å². The first kappa shape index (κ1) is 24.1. The molecule has 6 nitrogen and oxygen atoms in total. The largest absolute Gasteiger partial charge is 0.507 e. The van der Waals surface area contributed by atoms with Crippen LogP contribution in [0.1, 0.15) is 22.7 Å². The molecule has 37 heavy (non-hydrogen) atoms. The van der Waals surface area contributed by atoms with Gasteiger partial charge in [0.05, 0.1) is 25.8 Å². The molecule has 4 aromatic carbocycles. The summed E-state index contributed by atoms with van der Waals surface area (Å²) in [6.07, 6.45) is 0.541. The normalized spacial score (nSPS) is 16.8. The summed E-state index contributed by atoms with van der Waals surface area (Å²) in [5.74, 6) is -0.0963. The number of hydrogen-bond acceptors (Lipinski definition) is 5. The van der Waals surface area contributed by atoms with E-state index in [1.165, 1.54) is 0 Å². The molecule has 0 aliphatic carbocycles. The minimum Gasteiger partial charge on any atom is -0.507 e. The smallest absolute Gasteiger partial charge is 0.295 e. The van der Waals surface area contributed by atoms with Crippen LogP contribution in [-0.4, -0.2) is 42.5 Å². The van der Waals surface area contributed by atoms with Gasteiger partial charge in [0.25, 0.3) is 11.7 Å². The molecule has 1 unspecified atom stereocenters. The molecule has 0 spiro atoms. The van der Waals surface area contributed by atoms with Crippen LogP contribution >= 0.6 is 0 Å². The van der Waals surface area contributed by atoms with Crippen LogP contribution < -0.4 is 9.47 Å². The quantitative estimate of drug-likeness (QED) is 0.208. The van der Waals surface area contributed by atoms with Crippen LogP contribution in [0.5, 0.6) is 11.5 Å². The number of fused-ring (bicyclic) bond motifs is 1. The van der Waals surface area contributed by atoms with E-state index in [1.54, 1.807) is 37.3 Å². The van der Waals surface area contributed by atoms with Crippen molar-refractivity contribution >= 4 is 28.2 Å². The molecular formula is C31H27NO5. The number of rotatable bonds is 7. The molecule has 1 saturated heterocycles. The first-order valence-corrected chi connectivity index (χ1v) is 12.0. The van der Waals surface area contributed by atoms with Crippen molar-refractivity contribution in [2.24, 2.45) is 0 Å². The van der Waals surface area contributed by atoms with Gasteiger partial charge < -0.3 is 19.5 Å². The fraction of sp³-hybridized carbons (Fsp3) is 0.161. The second-order valence-corrected chi connectivity index (χ2v) is 8.93. The Hall–Kier alpha value is -4.58. The number of ketones is 1. The second-order valence-electron chi connectivity index (χ2n) is 8.93. The van der Waals surface area contributed by atoms with Gasteiger partial charge in [-0.25, -0.2) is 0 Å². The molecule has 1 fully saturated rings. The van der Waals surface area contributed by atoms with E-state index in [9.17, 15) is 14.7 Å². The monoisotopic (exact) mass is 493 g/mol. The molecule has 1 heterocycles. The zero-order valence-electron chi connectivity index (χ0n) is 20.7. The molecule has 1 aliphatic rings. The van der Waals surface area contributed by atoms with E-state index in [0.717, 1.165) is 27.6 Å². The van der Waals surface area contributed by atoms with Crippen molar-refractivity contribution in [1.29, 1.82) is 0 Å². The fourth-order valence-corrected chi connectivity index (χ4v) is 4.78. The average Bonchev–Trinajstić information content (AvgIpc) is 3.20. The van der Waals surface area contributed by atoms with E-state index in [-0.39, 0.29) is 11.3 Å². The van der Waals surface area contributed by atoms with Gasteiger partial charge in [-0.15, -0.1) is 0 Å². The Kier molecular flexibility index (Phi) is 6.64. The van der Waals surface area contributed by atoms with E-state index in [0.29, 0.717) is 24.3 Å². The van der Waals surface area contributed by atoms with Crippen LogP contribution in [0.15, 0.2) is 96.6 Å². The Bertz CT molecular complexity index is 1490.